The number of rotatable bonds is 5. The van der Waals surface area contributed by atoms with Crippen molar-refractivity contribution in [3.8, 4) is 11.3 Å². The number of hydrogen-bond donors (Lipinski definition) is 2. The summed E-state index contributed by atoms with van der Waals surface area (Å²) in [5.41, 5.74) is 1.93. The number of H-pyrrole nitrogens is 1. The van der Waals surface area contributed by atoms with Crippen molar-refractivity contribution in [1.82, 2.24) is 14.7 Å². The van der Waals surface area contributed by atoms with Crippen molar-refractivity contribution >= 4 is 15.9 Å². The van der Waals surface area contributed by atoms with Gasteiger partial charge in [0.2, 0.25) is 5.91 Å². The van der Waals surface area contributed by atoms with Crippen LogP contribution >= 0.6 is 0 Å². The van der Waals surface area contributed by atoms with Gasteiger partial charge in [0.1, 0.15) is 11.6 Å². The molecule has 134 valence electrons. The fourth-order valence-electron chi connectivity index (χ4n) is 2.52. The van der Waals surface area contributed by atoms with Crippen molar-refractivity contribution < 1.29 is 17.6 Å². The van der Waals surface area contributed by atoms with E-state index in [1.165, 1.54) is 0 Å². The highest BCUT2D eigenvalue weighted by atomic mass is 32.2. The summed E-state index contributed by atoms with van der Waals surface area (Å²) < 4.78 is 39.4. The van der Waals surface area contributed by atoms with Crippen LogP contribution in [0.4, 0.5) is 4.39 Å². The Labute approximate surface area is 150 Å². The van der Waals surface area contributed by atoms with Gasteiger partial charge in [0.15, 0.2) is 0 Å². The van der Waals surface area contributed by atoms with E-state index in [1.54, 1.807) is 6.92 Å². The summed E-state index contributed by atoms with van der Waals surface area (Å²) in [6, 6.07) is 13.5. The zero-order valence-electron chi connectivity index (χ0n) is 13.9. The average Bonchev–Trinajstić information content (AvgIpc) is 2.95. The second-order valence-corrected chi connectivity index (χ2v) is 7.36. The first-order chi connectivity index (χ1) is 12.3. The molecule has 1 amide bonds. The minimum Gasteiger partial charge on any atom is -0.345 e. The van der Waals surface area contributed by atoms with Gasteiger partial charge in [-0.2, -0.15) is 0 Å². The van der Waals surface area contributed by atoms with Crippen molar-refractivity contribution in [1.29, 1.82) is 0 Å². The molecule has 0 saturated heterocycles. The first-order valence-electron chi connectivity index (χ1n) is 7.77. The lowest BCUT2D eigenvalue weighted by atomic mass is 10.1. The molecule has 8 heteroatoms. The Morgan fingerprint density at radius 1 is 1.12 bits per heavy atom. The molecule has 0 unspecified atom stereocenters. The molecule has 0 saturated carbocycles. The van der Waals surface area contributed by atoms with Crippen molar-refractivity contribution in [3.63, 3.8) is 0 Å². The van der Waals surface area contributed by atoms with E-state index in [0.717, 1.165) is 29.8 Å². The number of halogens is 1. The molecule has 2 N–H and O–H groups in total. The minimum absolute atomic E-state index is 0.184. The number of carbonyl (C=O) groups is 1. The van der Waals surface area contributed by atoms with Crippen LogP contribution in [0.2, 0.25) is 0 Å². The highest BCUT2D eigenvalue weighted by molar-refractivity contribution is 7.90. The van der Waals surface area contributed by atoms with Crippen molar-refractivity contribution in [2.24, 2.45) is 0 Å². The van der Waals surface area contributed by atoms with Gasteiger partial charge >= 0.3 is 0 Å². The number of nitrogens with zero attached hydrogens (tertiary/aromatic N) is 1. The Morgan fingerprint density at radius 2 is 1.77 bits per heavy atom. The molecule has 1 heterocycles. The second kappa shape index (κ2) is 7.09. The molecule has 6 nitrogen and oxygen atoms in total. The van der Waals surface area contributed by atoms with Gasteiger partial charge in [-0.3, -0.25) is 4.79 Å². The molecule has 0 spiro atoms. The molecule has 2 aromatic carbocycles. The smallest absolute Gasteiger partial charge is 0.264 e. The van der Waals surface area contributed by atoms with Crippen LogP contribution in [0, 0.1) is 12.7 Å². The fourth-order valence-corrected chi connectivity index (χ4v) is 3.51. The maximum atomic E-state index is 12.9. The van der Waals surface area contributed by atoms with Crippen molar-refractivity contribution in [3.05, 3.63) is 71.9 Å². The van der Waals surface area contributed by atoms with E-state index in [0.29, 0.717) is 17.2 Å². The van der Waals surface area contributed by atoms with E-state index in [2.05, 4.69) is 9.97 Å². The largest absolute Gasteiger partial charge is 0.345 e. The Kier molecular flexibility index (Phi) is 4.85. The number of nitrogens with one attached hydrogen (secondary N) is 2. The molecule has 1 aromatic heterocycles. The predicted octanol–water partition coefficient (Wildman–Crippen LogP) is 2.57. The number of benzene rings is 2. The highest BCUT2D eigenvalue weighted by Gasteiger charge is 2.20. The van der Waals surface area contributed by atoms with Gasteiger partial charge in [0.25, 0.3) is 10.0 Å². The summed E-state index contributed by atoms with van der Waals surface area (Å²) in [5, 5.41) is 0. The van der Waals surface area contributed by atoms with E-state index in [1.807, 2.05) is 35.1 Å². The molecule has 0 aliphatic heterocycles. The Balaban J connectivity index is 1.80. The number of carbonyl (C=O) groups excluding carboxylic acids is 1. The molecule has 0 bridgehead atoms. The average molecular weight is 373 g/mol. The van der Waals surface area contributed by atoms with E-state index < -0.39 is 21.7 Å². The van der Waals surface area contributed by atoms with Gasteiger partial charge < -0.3 is 4.98 Å². The molecule has 0 radical (unpaired) electrons. The Morgan fingerprint density at radius 3 is 2.42 bits per heavy atom. The van der Waals surface area contributed by atoms with Crippen LogP contribution in [0.5, 0.6) is 0 Å². The monoisotopic (exact) mass is 373 g/mol. The van der Waals surface area contributed by atoms with Gasteiger partial charge in [0, 0.05) is 5.56 Å². The Hall–Kier alpha value is -3.00. The minimum atomic E-state index is -4.07. The molecule has 0 atom stereocenters. The third-order valence-corrected chi connectivity index (χ3v) is 5.04. The first-order valence-corrected chi connectivity index (χ1v) is 9.25. The summed E-state index contributed by atoms with van der Waals surface area (Å²) in [4.78, 5) is 19.4. The molecule has 0 fully saturated rings. The summed E-state index contributed by atoms with van der Waals surface area (Å²) in [5.74, 6) is -0.654. The fraction of sp³-hybridized carbons (Fsp3) is 0.111. The molecule has 26 heavy (non-hydrogen) atoms. The lowest BCUT2D eigenvalue weighted by molar-refractivity contribution is -0.118. The van der Waals surface area contributed by atoms with Crippen LogP contribution < -0.4 is 4.72 Å². The summed E-state index contributed by atoms with van der Waals surface area (Å²) in [7, 11) is -4.07. The van der Waals surface area contributed by atoms with Gasteiger partial charge in [-0.25, -0.2) is 22.5 Å². The van der Waals surface area contributed by atoms with Crippen LogP contribution in [0.25, 0.3) is 11.3 Å². The molecule has 0 aliphatic rings. The third kappa shape index (κ3) is 3.97. The maximum Gasteiger partial charge on any atom is 0.264 e. The SMILES string of the molecule is Cc1nc(-c2ccccc2)c(CC(=O)NS(=O)(=O)c2ccc(F)cc2)[nH]1. The summed E-state index contributed by atoms with van der Waals surface area (Å²) >= 11 is 0. The van der Waals surface area contributed by atoms with Gasteiger partial charge in [-0.1, -0.05) is 30.3 Å². The highest BCUT2D eigenvalue weighted by Crippen LogP contribution is 2.22. The van der Waals surface area contributed by atoms with Crippen LogP contribution in [0.15, 0.2) is 59.5 Å². The number of hydrogen-bond acceptors (Lipinski definition) is 4. The maximum absolute atomic E-state index is 12.9. The molecular formula is C18H16FN3O3S. The molecule has 0 aliphatic carbocycles. The third-order valence-electron chi connectivity index (χ3n) is 3.65. The van der Waals surface area contributed by atoms with E-state index in [4.69, 9.17) is 0 Å². The van der Waals surface area contributed by atoms with Gasteiger partial charge in [0.05, 0.1) is 22.7 Å². The lowest BCUT2D eigenvalue weighted by Crippen LogP contribution is -2.32. The second-order valence-electron chi connectivity index (χ2n) is 5.67. The normalized spacial score (nSPS) is 11.3. The zero-order chi connectivity index (χ0) is 18.7. The number of aromatic nitrogens is 2. The van der Waals surface area contributed by atoms with E-state index in [9.17, 15) is 17.6 Å². The van der Waals surface area contributed by atoms with E-state index >= 15 is 0 Å². The number of sulfonamides is 1. The van der Waals surface area contributed by atoms with E-state index in [-0.39, 0.29) is 11.3 Å². The van der Waals surface area contributed by atoms with Crippen molar-refractivity contribution in [2.75, 3.05) is 0 Å². The van der Waals surface area contributed by atoms with Gasteiger partial charge in [-0.15, -0.1) is 0 Å². The Bertz CT molecular complexity index is 1030. The van der Waals surface area contributed by atoms with Gasteiger partial charge in [-0.05, 0) is 31.2 Å². The summed E-state index contributed by atoms with van der Waals surface area (Å²) in [6.07, 6.45) is -0.189. The van der Waals surface area contributed by atoms with Crippen LogP contribution in [-0.4, -0.2) is 24.3 Å². The quantitative estimate of drug-likeness (QED) is 0.719. The number of imidazole rings is 1. The topological polar surface area (TPSA) is 91.9 Å². The van der Waals surface area contributed by atoms with Crippen LogP contribution in [0.3, 0.4) is 0 Å². The predicted molar refractivity (Wildman–Crippen MR) is 94.2 cm³/mol. The lowest BCUT2D eigenvalue weighted by Gasteiger charge is -2.07. The summed E-state index contributed by atoms with van der Waals surface area (Å²) in [6.45, 7) is 1.75. The molecule has 3 rings (SSSR count). The zero-order valence-corrected chi connectivity index (χ0v) is 14.7. The number of aromatic amines is 1. The number of aryl methyl sites for hydroxylation is 1. The number of amides is 1. The first kappa shape index (κ1) is 17.8. The van der Waals surface area contributed by atoms with Crippen LogP contribution in [-0.2, 0) is 21.2 Å². The molecular weight excluding hydrogens is 357 g/mol. The standard InChI is InChI=1S/C18H16FN3O3S/c1-12-20-16(18(21-12)13-5-3-2-4-6-13)11-17(23)22-26(24,25)15-9-7-14(19)8-10-15/h2-10H,11H2,1H3,(H,20,21)(H,22,23). The molecule has 3 aromatic rings. The van der Waals surface area contributed by atoms with Crippen molar-refractivity contribution in [2.45, 2.75) is 18.2 Å². The van der Waals surface area contributed by atoms with Crippen LogP contribution in [0.1, 0.15) is 11.5 Å².